The number of oxime groups is 1. The molecule has 0 saturated heterocycles. The Morgan fingerprint density at radius 3 is 2.62 bits per heavy atom. The number of nitrogens with two attached hydrogens (primary N) is 1. The monoisotopic (exact) mass is 301 g/mol. The number of amidine groups is 1. The van der Waals surface area contributed by atoms with Crippen LogP contribution >= 0.6 is 0 Å². The first kappa shape index (κ1) is 16.8. The third-order valence-electron chi connectivity index (χ3n) is 2.60. The van der Waals surface area contributed by atoms with Crippen molar-refractivity contribution in [3.8, 4) is 0 Å². The molecule has 8 heteroatoms. The SMILES string of the molecule is N/C(=N/O)C(C(=O)NCCOCC(F)F)c1ccccc1. The number of rotatable bonds is 8. The first-order valence-electron chi connectivity index (χ1n) is 6.22. The number of nitrogens with zero attached hydrogens (tertiary/aromatic N) is 1. The van der Waals surface area contributed by atoms with Crippen molar-refractivity contribution in [3.63, 3.8) is 0 Å². The maximum atomic E-state index is 12.1. The molecule has 21 heavy (non-hydrogen) atoms. The molecule has 0 aromatic heterocycles. The topological polar surface area (TPSA) is 96.9 Å². The Kier molecular flexibility index (Phi) is 7.10. The van der Waals surface area contributed by atoms with Gasteiger partial charge in [0.2, 0.25) is 5.91 Å². The molecule has 6 nitrogen and oxygen atoms in total. The van der Waals surface area contributed by atoms with Crippen LogP contribution < -0.4 is 11.1 Å². The van der Waals surface area contributed by atoms with Gasteiger partial charge in [-0.25, -0.2) is 8.78 Å². The highest BCUT2D eigenvalue weighted by atomic mass is 19.3. The molecule has 0 radical (unpaired) electrons. The van der Waals surface area contributed by atoms with Crippen molar-refractivity contribution in [3.05, 3.63) is 35.9 Å². The summed E-state index contributed by atoms with van der Waals surface area (Å²) in [6.45, 7) is -0.681. The molecule has 116 valence electrons. The normalized spacial score (nSPS) is 13.2. The van der Waals surface area contributed by atoms with E-state index in [0.29, 0.717) is 5.56 Å². The van der Waals surface area contributed by atoms with E-state index in [1.54, 1.807) is 30.3 Å². The van der Waals surface area contributed by atoms with E-state index in [4.69, 9.17) is 10.9 Å². The van der Waals surface area contributed by atoms with E-state index in [1.165, 1.54) is 0 Å². The Balaban J connectivity index is 2.58. The molecule has 4 N–H and O–H groups in total. The van der Waals surface area contributed by atoms with Crippen LogP contribution in [-0.2, 0) is 9.53 Å². The standard InChI is InChI=1S/C13H17F2N3O3/c14-10(15)8-21-7-6-17-13(19)11(12(16)18-20)9-4-2-1-3-5-9/h1-5,10-11,20H,6-8H2,(H2,16,18)(H,17,19). The van der Waals surface area contributed by atoms with Crippen LogP contribution in [0.15, 0.2) is 35.5 Å². The van der Waals surface area contributed by atoms with Gasteiger partial charge in [-0.15, -0.1) is 0 Å². The number of nitrogens with one attached hydrogen (secondary N) is 1. The third kappa shape index (κ3) is 5.74. The summed E-state index contributed by atoms with van der Waals surface area (Å²) < 4.78 is 28.3. The molecule has 0 fully saturated rings. The zero-order valence-electron chi connectivity index (χ0n) is 11.2. The lowest BCUT2D eigenvalue weighted by Crippen LogP contribution is -2.38. The van der Waals surface area contributed by atoms with Crippen LogP contribution in [-0.4, -0.2) is 43.1 Å². The van der Waals surface area contributed by atoms with Crippen LogP contribution in [0.3, 0.4) is 0 Å². The second-order valence-corrected chi connectivity index (χ2v) is 4.13. The Bertz CT molecular complexity index is 469. The molecule has 0 aliphatic heterocycles. The van der Waals surface area contributed by atoms with Gasteiger partial charge in [0.05, 0.1) is 6.61 Å². The molecule has 0 saturated carbocycles. The molecule has 0 heterocycles. The number of carbonyl (C=O) groups is 1. The minimum Gasteiger partial charge on any atom is -0.409 e. The molecule has 1 rings (SSSR count). The van der Waals surface area contributed by atoms with E-state index in [2.05, 4.69) is 15.2 Å². The summed E-state index contributed by atoms with van der Waals surface area (Å²) in [6, 6.07) is 8.52. The van der Waals surface area contributed by atoms with Crippen molar-refractivity contribution < 1.29 is 23.5 Å². The molecule has 1 atom stereocenters. The fourth-order valence-electron chi connectivity index (χ4n) is 1.68. The number of hydrogen-bond donors (Lipinski definition) is 3. The second-order valence-electron chi connectivity index (χ2n) is 4.13. The van der Waals surface area contributed by atoms with Gasteiger partial charge in [-0.05, 0) is 5.56 Å². The summed E-state index contributed by atoms with van der Waals surface area (Å²) in [7, 11) is 0. The largest absolute Gasteiger partial charge is 0.409 e. The van der Waals surface area contributed by atoms with Gasteiger partial charge in [-0.1, -0.05) is 35.5 Å². The van der Waals surface area contributed by atoms with Crippen LogP contribution in [0.25, 0.3) is 0 Å². The van der Waals surface area contributed by atoms with Gasteiger partial charge >= 0.3 is 0 Å². The minimum atomic E-state index is -2.55. The maximum Gasteiger partial charge on any atom is 0.261 e. The van der Waals surface area contributed by atoms with Crippen molar-refractivity contribution in [2.75, 3.05) is 19.8 Å². The molecule has 0 bridgehead atoms. The third-order valence-corrected chi connectivity index (χ3v) is 2.60. The van der Waals surface area contributed by atoms with Gasteiger partial charge in [0.1, 0.15) is 12.5 Å². The smallest absolute Gasteiger partial charge is 0.261 e. The van der Waals surface area contributed by atoms with E-state index in [-0.39, 0.29) is 19.0 Å². The van der Waals surface area contributed by atoms with Crippen LogP contribution in [0, 0.1) is 0 Å². The van der Waals surface area contributed by atoms with Crippen LogP contribution in [0.2, 0.25) is 0 Å². The Hall–Kier alpha value is -2.22. The van der Waals surface area contributed by atoms with E-state index in [9.17, 15) is 13.6 Å². The van der Waals surface area contributed by atoms with Gasteiger partial charge in [-0.3, -0.25) is 4.79 Å². The summed E-state index contributed by atoms with van der Waals surface area (Å²) in [6.07, 6.45) is -2.55. The molecule has 1 unspecified atom stereocenters. The fraction of sp³-hybridized carbons (Fsp3) is 0.385. The molecule has 1 aromatic carbocycles. The van der Waals surface area contributed by atoms with Crippen molar-refractivity contribution in [1.82, 2.24) is 5.32 Å². The van der Waals surface area contributed by atoms with Gasteiger partial charge < -0.3 is 21.0 Å². The number of benzene rings is 1. The zero-order valence-corrected chi connectivity index (χ0v) is 11.2. The second kappa shape index (κ2) is 8.85. The lowest BCUT2D eigenvalue weighted by atomic mass is 9.97. The van der Waals surface area contributed by atoms with E-state index >= 15 is 0 Å². The molecule has 0 aliphatic carbocycles. The van der Waals surface area contributed by atoms with E-state index in [0.717, 1.165) is 0 Å². The highest BCUT2D eigenvalue weighted by Crippen LogP contribution is 2.15. The van der Waals surface area contributed by atoms with Crippen LogP contribution in [0.1, 0.15) is 11.5 Å². The number of halogens is 2. The first-order chi connectivity index (χ1) is 10.1. The predicted molar refractivity (Wildman–Crippen MR) is 72.4 cm³/mol. The van der Waals surface area contributed by atoms with Gasteiger partial charge in [0.25, 0.3) is 6.43 Å². The van der Waals surface area contributed by atoms with Crippen LogP contribution in [0.5, 0.6) is 0 Å². The van der Waals surface area contributed by atoms with Crippen LogP contribution in [0.4, 0.5) is 8.78 Å². The summed E-state index contributed by atoms with van der Waals surface area (Å²) in [5, 5.41) is 14.1. The molecule has 1 amide bonds. The van der Waals surface area contributed by atoms with E-state index in [1.807, 2.05) is 0 Å². The molecular formula is C13H17F2N3O3. The number of amides is 1. The Labute approximate surface area is 120 Å². The van der Waals surface area contributed by atoms with E-state index < -0.39 is 24.9 Å². The predicted octanol–water partition coefficient (Wildman–Crippen LogP) is 0.914. The molecular weight excluding hydrogens is 284 g/mol. The molecule has 1 aromatic rings. The van der Waals surface area contributed by atoms with Gasteiger partial charge in [-0.2, -0.15) is 0 Å². The minimum absolute atomic E-state index is 0.0479. The molecule has 0 spiro atoms. The van der Waals surface area contributed by atoms with Crippen molar-refractivity contribution in [2.45, 2.75) is 12.3 Å². The summed E-state index contributed by atoms with van der Waals surface area (Å²) in [4.78, 5) is 12.1. The summed E-state index contributed by atoms with van der Waals surface area (Å²) in [5.74, 6) is -1.71. The van der Waals surface area contributed by atoms with Crippen molar-refractivity contribution in [1.29, 1.82) is 0 Å². The average molecular weight is 301 g/mol. The maximum absolute atomic E-state index is 12.1. The first-order valence-corrected chi connectivity index (χ1v) is 6.22. The van der Waals surface area contributed by atoms with Crippen molar-refractivity contribution in [2.24, 2.45) is 10.9 Å². The quantitative estimate of drug-likeness (QED) is 0.219. The van der Waals surface area contributed by atoms with Crippen molar-refractivity contribution >= 4 is 11.7 Å². The number of hydrogen-bond acceptors (Lipinski definition) is 4. The fourth-order valence-corrected chi connectivity index (χ4v) is 1.68. The average Bonchev–Trinajstić information content (AvgIpc) is 2.47. The number of carbonyl (C=O) groups excluding carboxylic acids is 1. The highest BCUT2D eigenvalue weighted by Gasteiger charge is 2.24. The lowest BCUT2D eigenvalue weighted by Gasteiger charge is -2.15. The Morgan fingerprint density at radius 2 is 2.05 bits per heavy atom. The number of ether oxygens (including phenoxy) is 1. The lowest BCUT2D eigenvalue weighted by molar-refractivity contribution is -0.121. The zero-order chi connectivity index (χ0) is 15.7. The van der Waals surface area contributed by atoms with Gasteiger partial charge in [0.15, 0.2) is 5.84 Å². The van der Waals surface area contributed by atoms with Gasteiger partial charge in [0, 0.05) is 6.54 Å². The summed E-state index contributed by atoms with van der Waals surface area (Å²) >= 11 is 0. The molecule has 0 aliphatic rings. The summed E-state index contributed by atoms with van der Waals surface area (Å²) in [5.41, 5.74) is 6.08. The number of alkyl halides is 2. The highest BCUT2D eigenvalue weighted by molar-refractivity contribution is 6.07. The Morgan fingerprint density at radius 1 is 1.38 bits per heavy atom.